The number of hydrogen-bond donors (Lipinski definition) is 0. The number of likely N-dealkylation sites (tertiary alicyclic amines) is 1. The molecule has 29 heavy (non-hydrogen) atoms. The van der Waals surface area contributed by atoms with Gasteiger partial charge >= 0.3 is 0 Å². The Morgan fingerprint density at radius 3 is 2.41 bits per heavy atom. The molecule has 0 N–H and O–H groups in total. The summed E-state index contributed by atoms with van der Waals surface area (Å²) in [6.45, 7) is 3.91. The van der Waals surface area contributed by atoms with Crippen molar-refractivity contribution in [2.24, 2.45) is 0 Å². The predicted molar refractivity (Wildman–Crippen MR) is 108 cm³/mol. The third-order valence-electron chi connectivity index (χ3n) is 5.73. The van der Waals surface area contributed by atoms with Crippen molar-refractivity contribution >= 4 is 5.91 Å². The Morgan fingerprint density at radius 1 is 1.03 bits per heavy atom. The van der Waals surface area contributed by atoms with Crippen LogP contribution in [0.1, 0.15) is 18.4 Å². The molecular weight excluding hydrogens is 371 g/mol. The monoisotopic (exact) mass is 398 g/mol. The summed E-state index contributed by atoms with van der Waals surface area (Å²) in [5, 5.41) is 0. The summed E-state index contributed by atoms with van der Waals surface area (Å²) < 4.78 is 24.0. The maximum absolute atomic E-state index is 13.0. The Bertz CT molecular complexity index is 788. The summed E-state index contributed by atoms with van der Waals surface area (Å²) in [5.74, 6) is 0.155. The van der Waals surface area contributed by atoms with Gasteiger partial charge in [0, 0.05) is 44.9 Å². The minimum absolute atomic E-state index is 0.0195. The van der Waals surface area contributed by atoms with Gasteiger partial charge < -0.3 is 14.4 Å². The van der Waals surface area contributed by atoms with Gasteiger partial charge in [-0.15, -0.1) is 0 Å². The van der Waals surface area contributed by atoms with Crippen molar-refractivity contribution in [1.82, 2.24) is 9.80 Å². The van der Waals surface area contributed by atoms with Crippen molar-refractivity contribution in [3.05, 3.63) is 66.0 Å². The van der Waals surface area contributed by atoms with Gasteiger partial charge in [0.1, 0.15) is 11.6 Å². The molecular formula is C23H27FN2O3. The topological polar surface area (TPSA) is 42.0 Å². The van der Waals surface area contributed by atoms with Crippen molar-refractivity contribution in [1.29, 1.82) is 0 Å². The maximum atomic E-state index is 13.0. The molecule has 0 aliphatic carbocycles. The van der Waals surface area contributed by atoms with Gasteiger partial charge in [-0.05, 0) is 42.7 Å². The third-order valence-corrected chi connectivity index (χ3v) is 5.73. The molecule has 0 unspecified atom stereocenters. The smallest absolute Gasteiger partial charge is 0.260 e. The summed E-state index contributed by atoms with van der Waals surface area (Å²) in [6, 6.07) is 17.1. The fraction of sp³-hybridized carbons (Fsp3) is 0.435. The molecule has 2 aromatic rings. The molecule has 2 saturated heterocycles. The van der Waals surface area contributed by atoms with Crippen LogP contribution in [0.25, 0.3) is 0 Å². The number of amides is 1. The highest BCUT2D eigenvalue weighted by molar-refractivity contribution is 5.78. The summed E-state index contributed by atoms with van der Waals surface area (Å²) in [6.07, 6.45) is 2.07. The van der Waals surface area contributed by atoms with Gasteiger partial charge in [-0.3, -0.25) is 9.69 Å². The second-order valence-corrected chi connectivity index (χ2v) is 7.70. The Balaban J connectivity index is 1.31. The first kappa shape index (κ1) is 19.9. The molecule has 2 aromatic carbocycles. The highest BCUT2D eigenvalue weighted by Crippen LogP contribution is 2.25. The molecule has 0 saturated carbocycles. The van der Waals surface area contributed by atoms with E-state index in [2.05, 4.69) is 29.2 Å². The van der Waals surface area contributed by atoms with Crippen LogP contribution in [0.5, 0.6) is 5.75 Å². The molecule has 2 aliphatic heterocycles. The molecule has 2 fully saturated rings. The molecule has 2 aliphatic rings. The van der Waals surface area contributed by atoms with E-state index in [1.807, 2.05) is 11.0 Å². The molecule has 0 aromatic heterocycles. The van der Waals surface area contributed by atoms with Crippen LogP contribution in [0, 0.1) is 5.82 Å². The van der Waals surface area contributed by atoms with Crippen molar-refractivity contribution in [2.45, 2.75) is 31.5 Å². The molecule has 4 rings (SSSR count). The van der Waals surface area contributed by atoms with Crippen LogP contribution in [0.2, 0.25) is 0 Å². The van der Waals surface area contributed by atoms with E-state index in [0.29, 0.717) is 17.8 Å². The van der Waals surface area contributed by atoms with Crippen LogP contribution in [0.15, 0.2) is 54.6 Å². The standard InChI is InChI=1S/C23H27FN2O3/c24-19-6-8-22(9-7-19)29-17-23(27)25-15-21(16-25)26(20-10-12-28-13-11-20)14-18-4-2-1-3-5-18/h1-9,20-21H,10-17H2. The van der Waals surface area contributed by atoms with Gasteiger partial charge in [0.05, 0.1) is 0 Å². The first-order valence-corrected chi connectivity index (χ1v) is 10.2. The number of carbonyl (C=O) groups excluding carboxylic acids is 1. The lowest BCUT2D eigenvalue weighted by molar-refractivity contribution is -0.142. The highest BCUT2D eigenvalue weighted by atomic mass is 19.1. The molecule has 154 valence electrons. The van der Waals surface area contributed by atoms with E-state index in [9.17, 15) is 9.18 Å². The average Bonchev–Trinajstić information content (AvgIpc) is 2.73. The van der Waals surface area contributed by atoms with Gasteiger partial charge in [0.2, 0.25) is 0 Å². The predicted octanol–water partition coefficient (Wildman–Crippen LogP) is 3.10. The SMILES string of the molecule is O=C(COc1ccc(F)cc1)N1CC(N(Cc2ccccc2)C2CCOCC2)C1. The van der Waals surface area contributed by atoms with Crippen molar-refractivity contribution in [2.75, 3.05) is 32.9 Å². The Hall–Kier alpha value is -2.44. The quantitative estimate of drug-likeness (QED) is 0.719. The Morgan fingerprint density at radius 2 is 1.72 bits per heavy atom. The van der Waals surface area contributed by atoms with Crippen LogP contribution in [-0.4, -0.2) is 60.7 Å². The second kappa shape index (κ2) is 9.37. The maximum Gasteiger partial charge on any atom is 0.260 e. The summed E-state index contributed by atoms with van der Waals surface area (Å²) in [7, 11) is 0. The normalized spacial score (nSPS) is 17.9. The van der Waals surface area contributed by atoms with Crippen molar-refractivity contribution in [3.8, 4) is 5.75 Å². The average molecular weight is 398 g/mol. The zero-order valence-corrected chi connectivity index (χ0v) is 16.5. The highest BCUT2D eigenvalue weighted by Gasteiger charge is 2.38. The van der Waals surface area contributed by atoms with Crippen LogP contribution in [-0.2, 0) is 16.1 Å². The van der Waals surface area contributed by atoms with Crippen LogP contribution in [0.4, 0.5) is 4.39 Å². The van der Waals surface area contributed by atoms with E-state index in [1.165, 1.54) is 29.8 Å². The van der Waals surface area contributed by atoms with Gasteiger partial charge in [-0.25, -0.2) is 4.39 Å². The first-order valence-electron chi connectivity index (χ1n) is 10.2. The number of hydrogen-bond acceptors (Lipinski definition) is 4. The summed E-state index contributed by atoms with van der Waals surface area (Å²) in [4.78, 5) is 16.8. The molecule has 6 heteroatoms. The first-order chi connectivity index (χ1) is 14.2. The number of ether oxygens (including phenoxy) is 2. The zero-order valence-electron chi connectivity index (χ0n) is 16.5. The van der Waals surface area contributed by atoms with Gasteiger partial charge in [-0.2, -0.15) is 0 Å². The largest absolute Gasteiger partial charge is 0.484 e. The summed E-state index contributed by atoms with van der Waals surface area (Å²) >= 11 is 0. The van der Waals surface area contributed by atoms with E-state index < -0.39 is 0 Å². The molecule has 1 amide bonds. The van der Waals surface area contributed by atoms with Gasteiger partial charge in [-0.1, -0.05) is 30.3 Å². The Labute approximate surface area is 171 Å². The number of carbonyl (C=O) groups is 1. The molecule has 0 atom stereocenters. The third kappa shape index (κ3) is 5.14. The fourth-order valence-electron chi connectivity index (χ4n) is 4.00. The van der Waals surface area contributed by atoms with Crippen molar-refractivity contribution < 1.29 is 18.7 Å². The molecule has 0 bridgehead atoms. The van der Waals surface area contributed by atoms with E-state index in [4.69, 9.17) is 9.47 Å². The lowest BCUT2D eigenvalue weighted by Crippen LogP contribution is -2.63. The van der Waals surface area contributed by atoms with Crippen molar-refractivity contribution in [3.63, 3.8) is 0 Å². The Kier molecular flexibility index (Phi) is 6.42. The van der Waals surface area contributed by atoms with Crippen LogP contribution < -0.4 is 4.74 Å². The number of benzene rings is 2. The van der Waals surface area contributed by atoms with Gasteiger partial charge in [0.15, 0.2) is 6.61 Å². The van der Waals surface area contributed by atoms with Crippen LogP contribution >= 0.6 is 0 Å². The van der Waals surface area contributed by atoms with E-state index in [-0.39, 0.29) is 18.3 Å². The fourth-order valence-corrected chi connectivity index (χ4v) is 4.00. The second-order valence-electron chi connectivity index (χ2n) is 7.70. The number of halogens is 1. The molecule has 5 nitrogen and oxygen atoms in total. The summed E-state index contributed by atoms with van der Waals surface area (Å²) in [5.41, 5.74) is 1.29. The molecule has 2 heterocycles. The molecule has 0 spiro atoms. The lowest BCUT2D eigenvalue weighted by Gasteiger charge is -2.49. The zero-order chi connectivity index (χ0) is 20.1. The number of nitrogens with zero attached hydrogens (tertiary/aromatic N) is 2. The minimum Gasteiger partial charge on any atom is -0.484 e. The van der Waals surface area contributed by atoms with E-state index in [0.717, 1.165) is 45.7 Å². The number of rotatable bonds is 7. The molecule has 0 radical (unpaired) electrons. The minimum atomic E-state index is -0.319. The van der Waals surface area contributed by atoms with E-state index >= 15 is 0 Å². The van der Waals surface area contributed by atoms with Crippen LogP contribution in [0.3, 0.4) is 0 Å². The van der Waals surface area contributed by atoms with Gasteiger partial charge in [0.25, 0.3) is 5.91 Å². The lowest BCUT2D eigenvalue weighted by atomic mass is 9.98. The van der Waals surface area contributed by atoms with E-state index in [1.54, 1.807) is 0 Å².